The van der Waals surface area contributed by atoms with Gasteiger partial charge < -0.3 is 20.7 Å². The van der Waals surface area contributed by atoms with E-state index in [0.29, 0.717) is 31.3 Å². The standard InChI is InChI=1S/C22H25N5O2/c1-16-14-20(26-18-8-10-19(29-2)11-9-18)27-22(25-16)24-13-12-23-21(28)15-17-6-4-3-5-7-17/h3-11,14H,12-13,15H2,1-2H3,(H,23,28)(H2,24,25,26,27). The number of rotatable bonds is 9. The van der Waals surface area contributed by atoms with Crippen LogP contribution in [0.4, 0.5) is 17.5 Å². The zero-order chi connectivity index (χ0) is 20.5. The Labute approximate surface area is 170 Å². The third kappa shape index (κ3) is 6.49. The number of hydrogen-bond donors (Lipinski definition) is 3. The molecule has 1 heterocycles. The van der Waals surface area contributed by atoms with E-state index in [1.807, 2.05) is 67.6 Å². The predicted octanol–water partition coefficient (Wildman–Crippen LogP) is 3.31. The van der Waals surface area contributed by atoms with Crippen molar-refractivity contribution in [3.63, 3.8) is 0 Å². The minimum absolute atomic E-state index is 0.00924. The van der Waals surface area contributed by atoms with Crippen LogP contribution in [0.15, 0.2) is 60.7 Å². The van der Waals surface area contributed by atoms with Gasteiger partial charge in [0.05, 0.1) is 13.5 Å². The number of carbonyl (C=O) groups excluding carboxylic acids is 1. The van der Waals surface area contributed by atoms with Crippen LogP contribution in [-0.4, -0.2) is 36.1 Å². The van der Waals surface area contributed by atoms with E-state index in [1.54, 1.807) is 7.11 Å². The molecule has 0 unspecified atom stereocenters. The molecule has 0 aliphatic carbocycles. The van der Waals surface area contributed by atoms with E-state index in [2.05, 4.69) is 25.9 Å². The Morgan fingerprint density at radius 1 is 1.00 bits per heavy atom. The van der Waals surface area contributed by atoms with E-state index >= 15 is 0 Å². The molecule has 0 saturated carbocycles. The first-order valence-electron chi connectivity index (χ1n) is 9.43. The fourth-order valence-electron chi connectivity index (χ4n) is 2.75. The highest BCUT2D eigenvalue weighted by Gasteiger charge is 2.05. The zero-order valence-corrected chi connectivity index (χ0v) is 16.6. The van der Waals surface area contributed by atoms with E-state index < -0.39 is 0 Å². The number of nitrogens with one attached hydrogen (secondary N) is 3. The lowest BCUT2D eigenvalue weighted by Crippen LogP contribution is -2.30. The van der Waals surface area contributed by atoms with Gasteiger partial charge in [0.1, 0.15) is 11.6 Å². The first-order chi connectivity index (χ1) is 14.1. The van der Waals surface area contributed by atoms with Crippen LogP contribution in [0, 0.1) is 6.92 Å². The second-order valence-corrected chi connectivity index (χ2v) is 6.51. The first-order valence-corrected chi connectivity index (χ1v) is 9.43. The number of nitrogens with zero attached hydrogens (tertiary/aromatic N) is 2. The molecule has 0 atom stereocenters. The highest BCUT2D eigenvalue weighted by Crippen LogP contribution is 2.19. The summed E-state index contributed by atoms with van der Waals surface area (Å²) >= 11 is 0. The average molecular weight is 391 g/mol. The molecule has 1 amide bonds. The number of aryl methyl sites for hydroxylation is 1. The SMILES string of the molecule is COc1ccc(Nc2cc(C)nc(NCCNC(=O)Cc3ccccc3)n2)cc1. The van der Waals surface area contributed by atoms with Gasteiger partial charge in [0, 0.05) is 30.5 Å². The Morgan fingerprint density at radius 3 is 2.48 bits per heavy atom. The molecule has 29 heavy (non-hydrogen) atoms. The maximum atomic E-state index is 12.0. The van der Waals surface area contributed by atoms with Crippen LogP contribution in [-0.2, 0) is 11.2 Å². The Balaban J connectivity index is 1.48. The third-order valence-electron chi connectivity index (χ3n) is 4.15. The second kappa shape index (κ2) is 10.1. The molecule has 0 bridgehead atoms. The van der Waals surface area contributed by atoms with E-state index in [4.69, 9.17) is 4.74 Å². The lowest BCUT2D eigenvalue weighted by atomic mass is 10.1. The smallest absolute Gasteiger partial charge is 0.224 e. The maximum Gasteiger partial charge on any atom is 0.224 e. The molecule has 1 aromatic heterocycles. The summed E-state index contributed by atoms with van der Waals surface area (Å²) in [5.41, 5.74) is 2.74. The van der Waals surface area contributed by atoms with E-state index in [9.17, 15) is 4.79 Å². The quantitative estimate of drug-likeness (QED) is 0.485. The molecule has 3 aromatic rings. The zero-order valence-electron chi connectivity index (χ0n) is 16.6. The van der Waals surface area contributed by atoms with Crippen molar-refractivity contribution in [1.82, 2.24) is 15.3 Å². The van der Waals surface area contributed by atoms with Gasteiger partial charge >= 0.3 is 0 Å². The average Bonchev–Trinajstić information content (AvgIpc) is 2.72. The molecule has 0 fully saturated rings. The van der Waals surface area contributed by atoms with Gasteiger partial charge in [-0.1, -0.05) is 30.3 Å². The highest BCUT2D eigenvalue weighted by atomic mass is 16.5. The van der Waals surface area contributed by atoms with Crippen LogP contribution in [0.5, 0.6) is 5.75 Å². The minimum Gasteiger partial charge on any atom is -0.497 e. The molecule has 7 heteroatoms. The molecule has 0 aliphatic rings. The fourth-order valence-corrected chi connectivity index (χ4v) is 2.75. The van der Waals surface area contributed by atoms with Crippen LogP contribution in [0.1, 0.15) is 11.3 Å². The van der Waals surface area contributed by atoms with Crippen LogP contribution in [0.25, 0.3) is 0 Å². The van der Waals surface area contributed by atoms with Gasteiger partial charge in [-0.25, -0.2) is 4.98 Å². The topological polar surface area (TPSA) is 88.2 Å². The molecule has 0 spiro atoms. The van der Waals surface area contributed by atoms with Crippen LogP contribution < -0.4 is 20.7 Å². The van der Waals surface area contributed by atoms with Crippen LogP contribution >= 0.6 is 0 Å². The summed E-state index contributed by atoms with van der Waals surface area (Å²) < 4.78 is 5.17. The Hall–Kier alpha value is -3.61. The number of aromatic nitrogens is 2. The van der Waals surface area contributed by atoms with Gasteiger partial charge in [-0.15, -0.1) is 0 Å². The number of benzene rings is 2. The molecule has 0 radical (unpaired) electrons. The molecule has 150 valence electrons. The molecule has 0 aliphatic heterocycles. The molecule has 2 aromatic carbocycles. The third-order valence-corrected chi connectivity index (χ3v) is 4.15. The molecular formula is C22H25N5O2. The number of ether oxygens (including phenoxy) is 1. The van der Waals surface area contributed by atoms with Gasteiger partial charge in [0.15, 0.2) is 0 Å². The normalized spacial score (nSPS) is 10.3. The fraction of sp³-hybridized carbons (Fsp3) is 0.227. The highest BCUT2D eigenvalue weighted by molar-refractivity contribution is 5.78. The summed E-state index contributed by atoms with van der Waals surface area (Å²) in [6.45, 7) is 2.93. The second-order valence-electron chi connectivity index (χ2n) is 6.51. The van der Waals surface area contributed by atoms with Crippen molar-refractivity contribution in [2.24, 2.45) is 0 Å². The number of carbonyl (C=O) groups is 1. The van der Waals surface area contributed by atoms with Gasteiger partial charge in [-0.3, -0.25) is 4.79 Å². The van der Waals surface area contributed by atoms with Crippen molar-refractivity contribution in [2.45, 2.75) is 13.3 Å². The summed E-state index contributed by atoms with van der Waals surface area (Å²) in [4.78, 5) is 20.9. The summed E-state index contributed by atoms with van der Waals surface area (Å²) in [5, 5.41) is 9.30. The van der Waals surface area contributed by atoms with Crippen molar-refractivity contribution in [3.05, 3.63) is 71.9 Å². The number of hydrogen-bond acceptors (Lipinski definition) is 6. The van der Waals surface area contributed by atoms with Gasteiger partial charge in [0.2, 0.25) is 11.9 Å². The van der Waals surface area contributed by atoms with Crippen molar-refractivity contribution >= 4 is 23.4 Å². The summed E-state index contributed by atoms with van der Waals surface area (Å²) in [6.07, 6.45) is 0.373. The summed E-state index contributed by atoms with van der Waals surface area (Å²) in [5.74, 6) is 1.99. The maximum absolute atomic E-state index is 12.0. The Bertz CT molecular complexity index is 930. The molecule has 3 N–H and O–H groups in total. The van der Waals surface area contributed by atoms with Crippen LogP contribution in [0.2, 0.25) is 0 Å². The lowest BCUT2D eigenvalue weighted by Gasteiger charge is -2.11. The first kappa shape index (κ1) is 20.1. The predicted molar refractivity (Wildman–Crippen MR) is 115 cm³/mol. The Kier molecular flexibility index (Phi) is 7.00. The van der Waals surface area contributed by atoms with Crippen molar-refractivity contribution in [1.29, 1.82) is 0 Å². The minimum atomic E-state index is -0.00924. The number of anilines is 3. The van der Waals surface area contributed by atoms with Gasteiger partial charge in [0.25, 0.3) is 0 Å². The number of methoxy groups -OCH3 is 1. The summed E-state index contributed by atoms with van der Waals surface area (Å²) in [6, 6.07) is 19.2. The van der Waals surface area contributed by atoms with Gasteiger partial charge in [-0.2, -0.15) is 4.98 Å². The van der Waals surface area contributed by atoms with E-state index in [0.717, 1.165) is 22.7 Å². The monoisotopic (exact) mass is 391 g/mol. The molecule has 0 saturated heterocycles. The molecule has 3 rings (SSSR count). The van der Waals surface area contributed by atoms with Crippen molar-refractivity contribution in [3.8, 4) is 5.75 Å². The Morgan fingerprint density at radius 2 is 1.76 bits per heavy atom. The van der Waals surface area contributed by atoms with Crippen LogP contribution in [0.3, 0.4) is 0 Å². The van der Waals surface area contributed by atoms with Crippen molar-refractivity contribution < 1.29 is 9.53 Å². The molecular weight excluding hydrogens is 366 g/mol. The van der Waals surface area contributed by atoms with E-state index in [-0.39, 0.29) is 5.91 Å². The van der Waals surface area contributed by atoms with E-state index in [1.165, 1.54) is 0 Å². The lowest BCUT2D eigenvalue weighted by molar-refractivity contribution is -0.120. The summed E-state index contributed by atoms with van der Waals surface area (Å²) in [7, 11) is 1.64. The van der Waals surface area contributed by atoms with Crippen molar-refractivity contribution in [2.75, 3.05) is 30.8 Å². The van der Waals surface area contributed by atoms with Gasteiger partial charge in [-0.05, 0) is 36.8 Å². The molecule has 7 nitrogen and oxygen atoms in total. The largest absolute Gasteiger partial charge is 0.497 e. The number of amides is 1.